The van der Waals surface area contributed by atoms with E-state index < -0.39 is 7.37 Å². The monoisotopic (exact) mass is 214 g/mol. The molecule has 0 saturated heterocycles. The van der Waals surface area contributed by atoms with E-state index in [2.05, 4.69) is 0 Å². The van der Waals surface area contributed by atoms with Crippen molar-refractivity contribution < 1.29 is 14.6 Å². The molecular weight excluding hydrogens is 199 g/mol. The molecule has 1 atom stereocenters. The van der Waals surface area contributed by atoms with E-state index in [-0.39, 0.29) is 18.9 Å². The fraction of sp³-hybridized carbons (Fsp3) is 0.400. The first-order valence-corrected chi connectivity index (χ1v) is 6.63. The van der Waals surface area contributed by atoms with Gasteiger partial charge in [-0.1, -0.05) is 30.3 Å². The molecule has 1 aromatic carbocycles. The molecule has 0 bridgehead atoms. The Morgan fingerprint density at radius 3 is 2.43 bits per heavy atom. The smallest absolute Gasteiger partial charge is 0.204 e. The Morgan fingerprint density at radius 2 is 1.86 bits per heavy atom. The first-order valence-electron chi connectivity index (χ1n) is 4.60. The molecule has 0 spiro atoms. The fourth-order valence-corrected chi connectivity index (χ4v) is 2.84. The molecule has 1 aromatic rings. The maximum absolute atomic E-state index is 11.6. The summed E-state index contributed by atoms with van der Waals surface area (Å²) in [6.45, 7) is -0.0284. The van der Waals surface area contributed by atoms with Gasteiger partial charge in [0.1, 0.15) is 0 Å². The second kappa shape index (κ2) is 5.30. The molecule has 0 heterocycles. The summed E-state index contributed by atoms with van der Waals surface area (Å²) < 4.78 is 11.6. The van der Waals surface area contributed by atoms with Gasteiger partial charge in [-0.05, 0) is 12.0 Å². The molecule has 2 N–H and O–H groups in total. The van der Waals surface area contributed by atoms with E-state index in [1.54, 1.807) is 0 Å². The molecule has 0 fully saturated rings. The fourth-order valence-electron chi connectivity index (χ4n) is 1.27. The van der Waals surface area contributed by atoms with Crippen LogP contribution in [0.1, 0.15) is 12.0 Å². The van der Waals surface area contributed by atoms with E-state index in [0.717, 1.165) is 5.56 Å². The predicted molar refractivity (Wildman–Crippen MR) is 56.5 cm³/mol. The molecule has 3 nitrogen and oxygen atoms in total. The average molecular weight is 214 g/mol. The summed E-state index contributed by atoms with van der Waals surface area (Å²) in [5.74, 6) is 0. The molecule has 14 heavy (non-hydrogen) atoms. The van der Waals surface area contributed by atoms with E-state index in [1.807, 2.05) is 30.3 Å². The maximum atomic E-state index is 11.6. The van der Waals surface area contributed by atoms with Crippen LogP contribution in [0, 0.1) is 0 Å². The van der Waals surface area contributed by atoms with Crippen molar-refractivity contribution in [2.24, 2.45) is 0 Å². The van der Waals surface area contributed by atoms with Crippen molar-refractivity contribution in [3.63, 3.8) is 0 Å². The number of hydrogen-bond acceptors (Lipinski definition) is 2. The summed E-state index contributed by atoms with van der Waals surface area (Å²) in [5, 5.41) is 8.56. The third-order valence-electron chi connectivity index (χ3n) is 1.94. The first kappa shape index (κ1) is 11.4. The summed E-state index contributed by atoms with van der Waals surface area (Å²) in [6.07, 6.45) is 0.785. The van der Waals surface area contributed by atoms with Crippen LogP contribution < -0.4 is 0 Å². The largest absolute Gasteiger partial charge is 0.396 e. The zero-order valence-corrected chi connectivity index (χ0v) is 8.86. The molecule has 1 unspecified atom stereocenters. The maximum Gasteiger partial charge on any atom is 0.204 e. The standard InChI is InChI=1S/C10H15O3P/c11-7-4-8-14(12,13)9-10-5-2-1-3-6-10/h1-3,5-6,11H,4,7-9H2,(H,12,13). The van der Waals surface area contributed by atoms with Gasteiger partial charge in [-0.3, -0.25) is 4.57 Å². The second-order valence-electron chi connectivity index (χ2n) is 3.29. The summed E-state index contributed by atoms with van der Waals surface area (Å²) in [6, 6.07) is 9.24. The Labute approximate surface area is 83.9 Å². The summed E-state index contributed by atoms with van der Waals surface area (Å²) in [4.78, 5) is 9.54. The Kier molecular flexibility index (Phi) is 4.33. The van der Waals surface area contributed by atoms with Gasteiger partial charge < -0.3 is 10.00 Å². The molecule has 78 valence electrons. The van der Waals surface area contributed by atoms with Crippen LogP contribution in [-0.2, 0) is 10.7 Å². The topological polar surface area (TPSA) is 57.5 Å². The van der Waals surface area contributed by atoms with E-state index in [0.29, 0.717) is 6.42 Å². The predicted octanol–water partition coefficient (Wildman–Crippen LogP) is 1.84. The van der Waals surface area contributed by atoms with E-state index in [9.17, 15) is 9.46 Å². The van der Waals surface area contributed by atoms with Gasteiger partial charge in [0.15, 0.2) is 0 Å². The number of benzene rings is 1. The molecule has 0 aliphatic carbocycles. The van der Waals surface area contributed by atoms with Crippen molar-refractivity contribution in [3.05, 3.63) is 35.9 Å². The Bertz CT molecular complexity index is 310. The highest BCUT2D eigenvalue weighted by molar-refractivity contribution is 7.57. The second-order valence-corrected chi connectivity index (χ2v) is 5.75. The Balaban J connectivity index is 2.55. The summed E-state index contributed by atoms with van der Waals surface area (Å²) >= 11 is 0. The third-order valence-corrected chi connectivity index (χ3v) is 3.81. The van der Waals surface area contributed by atoms with E-state index in [4.69, 9.17) is 5.11 Å². The van der Waals surface area contributed by atoms with Gasteiger partial charge in [-0.2, -0.15) is 0 Å². The highest BCUT2D eigenvalue weighted by Gasteiger charge is 2.17. The quantitative estimate of drug-likeness (QED) is 0.735. The zero-order chi connectivity index (χ0) is 10.4. The van der Waals surface area contributed by atoms with Crippen molar-refractivity contribution in [3.8, 4) is 0 Å². The molecule has 0 aromatic heterocycles. The minimum Gasteiger partial charge on any atom is -0.396 e. The summed E-state index contributed by atoms with van der Waals surface area (Å²) in [7, 11) is -3.09. The van der Waals surface area contributed by atoms with Gasteiger partial charge in [-0.25, -0.2) is 0 Å². The summed E-state index contributed by atoms with van der Waals surface area (Å²) in [5.41, 5.74) is 0.872. The minimum atomic E-state index is -3.09. The van der Waals surface area contributed by atoms with Crippen LogP contribution in [0.25, 0.3) is 0 Å². The highest BCUT2D eigenvalue weighted by atomic mass is 31.2. The van der Waals surface area contributed by atoms with Gasteiger partial charge >= 0.3 is 0 Å². The molecular formula is C10H15O3P. The zero-order valence-electron chi connectivity index (χ0n) is 7.97. The van der Waals surface area contributed by atoms with Gasteiger partial charge in [-0.15, -0.1) is 0 Å². The minimum absolute atomic E-state index is 0.0284. The average Bonchev–Trinajstić information content (AvgIpc) is 2.16. The van der Waals surface area contributed by atoms with E-state index >= 15 is 0 Å². The molecule has 0 aliphatic heterocycles. The molecule has 4 heteroatoms. The van der Waals surface area contributed by atoms with Gasteiger partial charge in [0.25, 0.3) is 0 Å². The van der Waals surface area contributed by atoms with Gasteiger partial charge in [0, 0.05) is 18.9 Å². The third kappa shape index (κ3) is 4.05. The Hall–Kier alpha value is -0.630. The number of aliphatic hydroxyl groups is 1. The van der Waals surface area contributed by atoms with Crippen LogP contribution in [0.4, 0.5) is 0 Å². The van der Waals surface area contributed by atoms with Crippen LogP contribution in [0.15, 0.2) is 30.3 Å². The van der Waals surface area contributed by atoms with Crippen LogP contribution in [-0.4, -0.2) is 22.8 Å². The van der Waals surface area contributed by atoms with Crippen LogP contribution in [0.5, 0.6) is 0 Å². The lowest BCUT2D eigenvalue weighted by Crippen LogP contribution is -1.96. The van der Waals surface area contributed by atoms with Gasteiger partial charge in [0.2, 0.25) is 7.37 Å². The molecule has 1 rings (SSSR count). The normalized spacial score (nSPS) is 15.0. The van der Waals surface area contributed by atoms with Crippen molar-refractivity contribution in [2.45, 2.75) is 12.6 Å². The molecule has 0 aliphatic rings. The Morgan fingerprint density at radius 1 is 1.21 bits per heavy atom. The molecule has 0 saturated carbocycles. The van der Waals surface area contributed by atoms with Crippen LogP contribution in [0.3, 0.4) is 0 Å². The SMILES string of the molecule is O=P(O)(CCCO)Cc1ccccc1. The van der Waals surface area contributed by atoms with Crippen LogP contribution in [0.2, 0.25) is 0 Å². The van der Waals surface area contributed by atoms with Crippen molar-refractivity contribution >= 4 is 7.37 Å². The number of aliphatic hydroxyl groups excluding tert-OH is 1. The lowest BCUT2D eigenvalue weighted by Gasteiger charge is -2.10. The molecule has 0 amide bonds. The van der Waals surface area contributed by atoms with Crippen molar-refractivity contribution in [1.82, 2.24) is 0 Å². The molecule has 0 radical (unpaired) electrons. The lowest BCUT2D eigenvalue weighted by atomic mass is 10.2. The van der Waals surface area contributed by atoms with Crippen LogP contribution >= 0.6 is 7.37 Å². The highest BCUT2D eigenvalue weighted by Crippen LogP contribution is 2.44. The van der Waals surface area contributed by atoms with Crippen molar-refractivity contribution in [1.29, 1.82) is 0 Å². The lowest BCUT2D eigenvalue weighted by molar-refractivity contribution is 0.293. The number of hydrogen-bond donors (Lipinski definition) is 2. The number of rotatable bonds is 5. The first-order chi connectivity index (χ1) is 6.64. The van der Waals surface area contributed by atoms with Crippen molar-refractivity contribution in [2.75, 3.05) is 12.8 Å². The van der Waals surface area contributed by atoms with E-state index in [1.165, 1.54) is 0 Å². The van der Waals surface area contributed by atoms with Gasteiger partial charge in [0.05, 0.1) is 0 Å².